The topological polar surface area (TPSA) is 24.1 Å². The highest BCUT2D eigenvalue weighted by Crippen LogP contribution is 2.40. The molecule has 16 heavy (non-hydrogen) atoms. The molecule has 0 spiro atoms. The maximum Gasteiger partial charge on any atom is 0.00506 e. The third-order valence-electron chi connectivity index (χ3n) is 4.22. The fourth-order valence-corrected chi connectivity index (χ4v) is 2.90. The lowest BCUT2D eigenvalue weighted by atomic mass is 9.83. The molecular formula is C14H30N2. The van der Waals surface area contributed by atoms with Crippen LogP contribution in [0.4, 0.5) is 0 Å². The van der Waals surface area contributed by atoms with Gasteiger partial charge in [0.2, 0.25) is 0 Å². The normalized spacial score (nSPS) is 21.2. The summed E-state index contributed by atoms with van der Waals surface area (Å²) in [6.45, 7) is 10.3. The van der Waals surface area contributed by atoms with Crippen LogP contribution >= 0.6 is 0 Å². The van der Waals surface area contributed by atoms with E-state index >= 15 is 0 Å². The second-order valence-electron chi connectivity index (χ2n) is 5.48. The average Bonchev–Trinajstić information content (AvgIpc) is 2.74. The van der Waals surface area contributed by atoms with Gasteiger partial charge in [-0.3, -0.25) is 0 Å². The summed E-state index contributed by atoms with van der Waals surface area (Å²) in [5, 5.41) is 7.13. The van der Waals surface area contributed by atoms with Gasteiger partial charge in [0.15, 0.2) is 0 Å². The quantitative estimate of drug-likeness (QED) is 0.622. The summed E-state index contributed by atoms with van der Waals surface area (Å²) < 4.78 is 0. The summed E-state index contributed by atoms with van der Waals surface area (Å²) >= 11 is 0. The van der Waals surface area contributed by atoms with Crippen LogP contribution in [-0.4, -0.2) is 25.7 Å². The van der Waals surface area contributed by atoms with Gasteiger partial charge in [-0.1, -0.05) is 26.7 Å². The van der Waals surface area contributed by atoms with E-state index in [0.717, 1.165) is 13.1 Å². The van der Waals surface area contributed by atoms with Crippen molar-refractivity contribution in [3.8, 4) is 0 Å². The molecule has 0 amide bonds. The van der Waals surface area contributed by atoms with E-state index in [9.17, 15) is 0 Å². The molecule has 0 aliphatic heterocycles. The molecule has 2 heteroatoms. The van der Waals surface area contributed by atoms with Crippen molar-refractivity contribution in [2.75, 3.05) is 19.6 Å². The Morgan fingerprint density at radius 1 is 1.19 bits per heavy atom. The Kier molecular flexibility index (Phi) is 6.37. The van der Waals surface area contributed by atoms with E-state index in [2.05, 4.69) is 31.4 Å². The number of nitrogens with one attached hydrogen (secondary N) is 2. The third-order valence-corrected chi connectivity index (χ3v) is 4.22. The van der Waals surface area contributed by atoms with Gasteiger partial charge in [-0.15, -0.1) is 0 Å². The minimum absolute atomic E-state index is 0.640. The van der Waals surface area contributed by atoms with Crippen molar-refractivity contribution >= 4 is 0 Å². The molecule has 2 nitrogen and oxygen atoms in total. The van der Waals surface area contributed by atoms with Crippen molar-refractivity contribution in [3.63, 3.8) is 0 Å². The van der Waals surface area contributed by atoms with Crippen LogP contribution in [0.25, 0.3) is 0 Å². The molecule has 1 atom stereocenters. The monoisotopic (exact) mass is 226 g/mol. The summed E-state index contributed by atoms with van der Waals surface area (Å²) in [7, 11) is 0. The second kappa shape index (κ2) is 7.29. The maximum absolute atomic E-state index is 3.67. The molecular weight excluding hydrogens is 196 g/mol. The van der Waals surface area contributed by atoms with Crippen molar-refractivity contribution < 1.29 is 0 Å². The van der Waals surface area contributed by atoms with Gasteiger partial charge in [0.1, 0.15) is 0 Å². The van der Waals surface area contributed by atoms with Gasteiger partial charge in [-0.2, -0.15) is 0 Å². The van der Waals surface area contributed by atoms with E-state index in [0.29, 0.717) is 11.5 Å². The van der Waals surface area contributed by atoms with Crippen LogP contribution in [0, 0.1) is 5.41 Å². The Labute approximate surface area is 102 Å². The molecule has 0 heterocycles. The molecule has 96 valence electrons. The van der Waals surface area contributed by atoms with Gasteiger partial charge in [0.05, 0.1) is 0 Å². The van der Waals surface area contributed by atoms with Crippen LogP contribution in [0.1, 0.15) is 59.3 Å². The number of rotatable bonds is 8. The Balaban J connectivity index is 2.09. The lowest BCUT2D eigenvalue weighted by Gasteiger charge is -2.28. The molecule has 0 bridgehead atoms. The molecule has 1 aliphatic rings. The lowest BCUT2D eigenvalue weighted by molar-refractivity contribution is 0.267. The molecule has 0 aromatic rings. The van der Waals surface area contributed by atoms with Crippen LogP contribution in [0.3, 0.4) is 0 Å². The minimum Gasteiger partial charge on any atom is -0.316 e. The van der Waals surface area contributed by atoms with Crippen molar-refractivity contribution in [1.29, 1.82) is 0 Å². The average molecular weight is 226 g/mol. The van der Waals surface area contributed by atoms with Gasteiger partial charge < -0.3 is 10.6 Å². The first kappa shape index (κ1) is 14.0. The molecule has 1 fully saturated rings. The van der Waals surface area contributed by atoms with E-state index in [1.807, 2.05) is 0 Å². The van der Waals surface area contributed by atoms with E-state index in [1.165, 1.54) is 45.1 Å². The molecule has 0 aromatic heterocycles. The van der Waals surface area contributed by atoms with Gasteiger partial charge >= 0.3 is 0 Å². The molecule has 1 saturated carbocycles. The zero-order valence-corrected chi connectivity index (χ0v) is 11.4. The van der Waals surface area contributed by atoms with Crippen molar-refractivity contribution in [3.05, 3.63) is 0 Å². The summed E-state index contributed by atoms with van der Waals surface area (Å²) in [6, 6.07) is 0.652. The largest absolute Gasteiger partial charge is 0.316 e. The molecule has 0 radical (unpaired) electrons. The number of hydrogen-bond donors (Lipinski definition) is 2. The van der Waals surface area contributed by atoms with E-state index in [4.69, 9.17) is 0 Å². The minimum atomic E-state index is 0.640. The van der Waals surface area contributed by atoms with Gasteiger partial charge in [0.25, 0.3) is 0 Å². The SMILES string of the molecule is CCNC(C)CCNCC1(CC)CCCC1. The first-order chi connectivity index (χ1) is 7.72. The highest BCUT2D eigenvalue weighted by atomic mass is 14.9. The fourth-order valence-electron chi connectivity index (χ4n) is 2.90. The summed E-state index contributed by atoms with van der Waals surface area (Å²) in [4.78, 5) is 0. The fraction of sp³-hybridized carbons (Fsp3) is 1.00. The molecule has 0 saturated heterocycles. The van der Waals surface area contributed by atoms with Crippen LogP contribution in [0.15, 0.2) is 0 Å². The molecule has 1 unspecified atom stereocenters. The molecule has 2 N–H and O–H groups in total. The standard InChI is InChI=1S/C14H30N2/c1-4-14(9-6-7-10-14)12-15-11-8-13(3)16-5-2/h13,15-16H,4-12H2,1-3H3. The van der Waals surface area contributed by atoms with Gasteiger partial charge in [0, 0.05) is 12.6 Å². The van der Waals surface area contributed by atoms with Crippen LogP contribution in [0.5, 0.6) is 0 Å². The molecule has 0 aromatic carbocycles. The maximum atomic E-state index is 3.67. The Hall–Kier alpha value is -0.0800. The smallest absolute Gasteiger partial charge is 0.00506 e. The first-order valence-corrected chi connectivity index (χ1v) is 7.16. The van der Waals surface area contributed by atoms with E-state index in [-0.39, 0.29) is 0 Å². The highest BCUT2D eigenvalue weighted by Gasteiger charge is 2.31. The van der Waals surface area contributed by atoms with Crippen LogP contribution in [-0.2, 0) is 0 Å². The lowest BCUT2D eigenvalue weighted by Crippen LogP contribution is -2.35. The zero-order valence-electron chi connectivity index (χ0n) is 11.4. The highest BCUT2D eigenvalue weighted by molar-refractivity contribution is 4.85. The Bertz CT molecular complexity index is 174. The van der Waals surface area contributed by atoms with E-state index in [1.54, 1.807) is 0 Å². The predicted molar refractivity (Wildman–Crippen MR) is 71.8 cm³/mol. The second-order valence-corrected chi connectivity index (χ2v) is 5.48. The van der Waals surface area contributed by atoms with E-state index < -0.39 is 0 Å². The van der Waals surface area contributed by atoms with Gasteiger partial charge in [-0.05, 0) is 51.1 Å². The molecule has 1 aliphatic carbocycles. The summed E-state index contributed by atoms with van der Waals surface area (Å²) in [5.41, 5.74) is 0.640. The first-order valence-electron chi connectivity index (χ1n) is 7.16. The zero-order chi connectivity index (χ0) is 11.9. The predicted octanol–water partition coefficient (Wildman–Crippen LogP) is 2.93. The number of hydrogen-bond acceptors (Lipinski definition) is 2. The van der Waals surface area contributed by atoms with Crippen molar-refractivity contribution in [2.24, 2.45) is 5.41 Å². The van der Waals surface area contributed by atoms with Gasteiger partial charge in [-0.25, -0.2) is 0 Å². The van der Waals surface area contributed by atoms with Crippen molar-refractivity contribution in [2.45, 2.75) is 65.3 Å². The Morgan fingerprint density at radius 3 is 2.44 bits per heavy atom. The molecule has 1 rings (SSSR count). The Morgan fingerprint density at radius 2 is 1.88 bits per heavy atom. The van der Waals surface area contributed by atoms with Crippen LogP contribution in [0.2, 0.25) is 0 Å². The summed E-state index contributed by atoms with van der Waals surface area (Å²) in [5.74, 6) is 0. The van der Waals surface area contributed by atoms with Crippen LogP contribution < -0.4 is 10.6 Å². The third kappa shape index (κ3) is 4.42. The van der Waals surface area contributed by atoms with Crippen molar-refractivity contribution in [1.82, 2.24) is 10.6 Å². The summed E-state index contributed by atoms with van der Waals surface area (Å²) in [6.07, 6.45) is 8.38.